The van der Waals surface area contributed by atoms with Crippen LogP contribution in [0.4, 0.5) is 8.78 Å². The summed E-state index contributed by atoms with van der Waals surface area (Å²) in [5.41, 5.74) is 1.58. The molecule has 1 heterocycles. The van der Waals surface area contributed by atoms with Gasteiger partial charge in [-0.05, 0) is 42.3 Å². The topological polar surface area (TPSA) is 24.9 Å². The maximum atomic E-state index is 13.0. The third-order valence-electron chi connectivity index (χ3n) is 2.68. The van der Waals surface area contributed by atoms with Crippen molar-refractivity contribution in [2.45, 2.75) is 13.0 Å². The summed E-state index contributed by atoms with van der Waals surface area (Å²) in [5.74, 6) is -1.10. The first-order chi connectivity index (χ1) is 9.15. The summed E-state index contributed by atoms with van der Waals surface area (Å²) in [6, 6.07) is 5.37. The fraction of sp³-hybridized carbons (Fsp3) is 0.214. The molecular weight excluding hydrogens is 270 g/mol. The molecule has 0 aliphatic carbocycles. The van der Waals surface area contributed by atoms with Crippen LogP contribution in [0.5, 0.6) is 0 Å². The Morgan fingerprint density at radius 2 is 1.89 bits per heavy atom. The maximum absolute atomic E-state index is 13.0. The van der Waals surface area contributed by atoms with E-state index in [4.69, 9.17) is 11.6 Å². The molecule has 0 aliphatic heterocycles. The van der Waals surface area contributed by atoms with Crippen LogP contribution in [-0.4, -0.2) is 11.5 Å². The van der Waals surface area contributed by atoms with Gasteiger partial charge in [0, 0.05) is 25.0 Å². The van der Waals surface area contributed by atoms with E-state index in [1.54, 1.807) is 12.4 Å². The Bertz CT molecular complexity index is 541. The summed E-state index contributed by atoms with van der Waals surface area (Å²) in [7, 11) is 0. The lowest BCUT2D eigenvalue weighted by atomic mass is 10.1. The molecule has 1 aromatic carbocycles. The summed E-state index contributed by atoms with van der Waals surface area (Å²) >= 11 is 5.96. The number of nitrogens with one attached hydrogen (secondary N) is 1. The Morgan fingerprint density at radius 3 is 2.58 bits per heavy atom. The van der Waals surface area contributed by atoms with Crippen LogP contribution in [0.1, 0.15) is 11.1 Å². The zero-order valence-electron chi connectivity index (χ0n) is 10.2. The number of hydrogen-bond donors (Lipinski definition) is 1. The van der Waals surface area contributed by atoms with Crippen LogP contribution in [-0.2, 0) is 13.0 Å². The van der Waals surface area contributed by atoms with Crippen LogP contribution in [0.15, 0.2) is 36.7 Å². The number of pyridine rings is 1. The van der Waals surface area contributed by atoms with Crippen molar-refractivity contribution < 1.29 is 8.78 Å². The van der Waals surface area contributed by atoms with Gasteiger partial charge in [-0.1, -0.05) is 11.6 Å². The zero-order valence-corrected chi connectivity index (χ0v) is 10.9. The second-order valence-corrected chi connectivity index (χ2v) is 4.58. The van der Waals surface area contributed by atoms with Gasteiger partial charge >= 0.3 is 0 Å². The zero-order chi connectivity index (χ0) is 13.7. The van der Waals surface area contributed by atoms with E-state index >= 15 is 0 Å². The van der Waals surface area contributed by atoms with Crippen LogP contribution in [0.25, 0.3) is 0 Å². The van der Waals surface area contributed by atoms with Gasteiger partial charge in [-0.2, -0.15) is 0 Å². The van der Waals surface area contributed by atoms with Gasteiger partial charge in [0.15, 0.2) is 0 Å². The minimum absolute atomic E-state index is 0.549. The predicted octanol–water partition coefficient (Wildman–Crippen LogP) is 3.35. The van der Waals surface area contributed by atoms with E-state index in [0.717, 1.165) is 11.6 Å². The second-order valence-electron chi connectivity index (χ2n) is 4.17. The number of aromatic nitrogens is 1. The van der Waals surface area contributed by atoms with Crippen LogP contribution >= 0.6 is 11.6 Å². The van der Waals surface area contributed by atoms with Crippen molar-refractivity contribution in [3.05, 3.63) is 64.4 Å². The smallest absolute Gasteiger partial charge is 0.126 e. The van der Waals surface area contributed by atoms with Crippen LogP contribution < -0.4 is 5.32 Å². The van der Waals surface area contributed by atoms with Crippen LogP contribution in [0.3, 0.4) is 0 Å². The standard InChI is InChI=1S/C14H13ClF2N2/c15-14-9-19-4-2-11(14)8-18-3-1-10-5-12(16)7-13(17)6-10/h2,4-7,9,18H,1,3,8H2. The van der Waals surface area contributed by atoms with Crippen molar-refractivity contribution in [1.82, 2.24) is 10.3 Å². The number of halogens is 3. The highest BCUT2D eigenvalue weighted by Crippen LogP contribution is 2.13. The largest absolute Gasteiger partial charge is 0.312 e. The summed E-state index contributed by atoms with van der Waals surface area (Å²) in [6.45, 7) is 1.21. The van der Waals surface area contributed by atoms with Crippen molar-refractivity contribution in [1.29, 1.82) is 0 Å². The van der Waals surface area contributed by atoms with Gasteiger partial charge in [-0.25, -0.2) is 8.78 Å². The predicted molar refractivity (Wildman–Crippen MR) is 71.0 cm³/mol. The quantitative estimate of drug-likeness (QED) is 0.851. The Kier molecular flexibility index (Phi) is 4.82. The molecule has 1 N–H and O–H groups in total. The summed E-state index contributed by atoms with van der Waals surface area (Å²) in [6.07, 6.45) is 3.81. The second kappa shape index (κ2) is 6.59. The lowest BCUT2D eigenvalue weighted by Gasteiger charge is -2.06. The fourth-order valence-electron chi connectivity index (χ4n) is 1.76. The number of nitrogens with zero attached hydrogens (tertiary/aromatic N) is 1. The summed E-state index contributed by atoms with van der Waals surface area (Å²) < 4.78 is 25.9. The normalized spacial score (nSPS) is 10.7. The number of rotatable bonds is 5. The Labute approximate surface area is 115 Å². The van der Waals surface area contributed by atoms with E-state index in [0.29, 0.717) is 30.1 Å². The lowest BCUT2D eigenvalue weighted by molar-refractivity contribution is 0.577. The van der Waals surface area contributed by atoms with Gasteiger partial charge in [0.25, 0.3) is 0 Å². The van der Waals surface area contributed by atoms with Gasteiger partial charge in [-0.15, -0.1) is 0 Å². The van der Waals surface area contributed by atoms with Crippen molar-refractivity contribution in [3.63, 3.8) is 0 Å². The Morgan fingerprint density at radius 1 is 1.16 bits per heavy atom. The van der Waals surface area contributed by atoms with Crippen molar-refractivity contribution in [2.24, 2.45) is 0 Å². The molecule has 0 bridgehead atoms. The molecule has 100 valence electrons. The number of hydrogen-bond acceptors (Lipinski definition) is 2. The van der Waals surface area contributed by atoms with Gasteiger partial charge in [0.05, 0.1) is 5.02 Å². The first kappa shape index (κ1) is 13.9. The highest BCUT2D eigenvalue weighted by Gasteiger charge is 2.02. The van der Waals surface area contributed by atoms with Gasteiger partial charge in [-0.3, -0.25) is 4.98 Å². The highest BCUT2D eigenvalue weighted by molar-refractivity contribution is 6.31. The monoisotopic (exact) mass is 282 g/mol. The van der Waals surface area contributed by atoms with Crippen molar-refractivity contribution in [2.75, 3.05) is 6.54 Å². The Hall–Kier alpha value is -1.52. The third kappa shape index (κ3) is 4.26. The van der Waals surface area contributed by atoms with Gasteiger partial charge < -0.3 is 5.32 Å². The summed E-state index contributed by atoms with van der Waals surface area (Å²) in [4.78, 5) is 3.90. The highest BCUT2D eigenvalue weighted by atomic mass is 35.5. The third-order valence-corrected chi connectivity index (χ3v) is 3.03. The first-order valence-electron chi connectivity index (χ1n) is 5.89. The SMILES string of the molecule is Fc1cc(F)cc(CCNCc2ccncc2Cl)c1. The molecular formula is C14H13ClF2N2. The Balaban J connectivity index is 1.82. The summed E-state index contributed by atoms with van der Waals surface area (Å²) in [5, 5.41) is 3.78. The molecule has 0 saturated carbocycles. The molecule has 0 fully saturated rings. The van der Waals surface area contributed by atoms with E-state index in [1.807, 2.05) is 6.07 Å². The average molecular weight is 283 g/mol. The average Bonchev–Trinajstić information content (AvgIpc) is 2.35. The molecule has 2 nitrogen and oxygen atoms in total. The molecule has 0 spiro atoms. The molecule has 0 unspecified atom stereocenters. The van der Waals surface area contributed by atoms with E-state index in [1.165, 1.54) is 12.1 Å². The molecule has 1 aromatic heterocycles. The maximum Gasteiger partial charge on any atom is 0.126 e. The van der Waals surface area contributed by atoms with Gasteiger partial charge in [0.2, 0.25) is 0 Å². The van der Waals surface area contributed by atoms with Crippen molar-refractivity contribution in [3.8, 4) is 0 Å². The van der Waals surface area contributed by atoms with E-state index in [9.17, 15) is 8.78 Å². The molecule has 0 amide bonds. The molecule has 2 aromatic rings. The lowest BCUT2D eigenvalue weighted by Crippen LogP contribution is -2.17. The molecule has 0 radical (unpaired) electrons. The first-order valence-corrected chi connectivity index (χ1v) is 6.27. The molecule has 0 atom stereocenters. The molecule has 5 heteroatoms. The van der Waals surface area contributed by atoms with Crippen LogP contribution in [0, 0.1) is 11.6 Å². The van der Waals surface area contributed by atoms with Crippen LogP contribution in [0.2, 0.25) is 5.02 Å². The fourth-order valence-corrected chi connectivity index (χ4v) is 1.94. The molecule has 19 heavy (non-hydrogen) atoms. The van der Waals surface area contributed by atoms with Gasteiger partial charge in [0.1, 0.15) is 11.6 Å². The molecule has 2 rings (SSSR count). The van der Waals surface area contributed by atoms with Crippen molar-refractivity contribution >= 4 is 11.6 Å². The number of benzene rings is 1. The molecule has 0 aliphatic rings. The molecule has 0 saturated heterocycles. The minimum atomic E-state index is -0.549. The van der Waals surface area contributed by atoms with E-state index < -0.39 is 11.6 Å². The van der Waals surface area contributed by atoms with E-state index in [2.05, 4.69) is 10.3 Å². The minimum Gasteiger partial charge on any atom is -0.312 e. The van der Waals surface area contributed by atoms with E-state index in [-0.39, 0.29) is 0 Å².